The lowest BCUT2D eigenvalue weighted by Gasteiger charge is -2.28. The van der Waals surface area contributed by atoms with Crippen molar-refractivity contribution in [3.05, 3.63) is 34.9 Å². The third-order valence-corrected chi connectivity index (χ3v) is 3.84. The van der Waals surface area contributed by atoms with Crippen LogP contribution in [-0.2, 0) is 9.53 Å². The van der Waals surface area contributed by atoms with E-state index < -0.39 is 11.1 Å². The van der Waals surface area contributed by atoms with Gasteiger partial charge in [-0.05, 0) is 57.7 Å². The lowest BCUT2D eigenvalue weighted by atomic mass is 9.95. The zero-order valence-corrected chi connectivity index (χ0v) is 14.5. The molecule has 0 unspecified atom stereocenters. The molecule has 0 bridgehead atoms. The number of rotatable bonds is 5. The molecule has 3 nitrogen and oxygen atoms in total. The number of halogens is 1. The second-order valence-corrected chi connectivity index (χ2v) is 7.67. The smallest absolute Gasteiger partial charge is 0.334 e. The summed E-state index contributed by atoms with van der Waals surface area (Å²) in [5, 5.41) is 0.685. The molecule has 120 valence electrons. The lowest BCUT2D eigenvalue weighted by Crippen LogP contribution is -2.40. The third kappa shape index (κ3) is 5.13. The maximum absolute atomic E-state index is 12.6. The summed E-state index contributed by atoms with van der Waals surface area (Å²) in [5.74, 6) is 0.331. The first-order chi connectivity index (χ1) is 10.2. The molecule has 1 aromatic rings. The van der Waals surface area contributed by atoms with Gasteiger partial charge in [0.2, 0.25) is 0 Å². The van der Waals surface area contributed by atoms with Crippen LogP contribution in [0.1, 0.15) is 52.5 Å². The van der Waals surface area contributed by atoms with Gasteiger partial charge in [-0.25, -0.2) is 4.79 Å². The molecule has 1 saturated carbocycles. The Labute approximate surface area is 137 Å². The van der Waals surface area contributed by atoms with Crippen LogP contribution in [0.25, 0.3) is 0 Å². The van der Waals surface area contributed by atoms with E-state index in [4.69, 9.17) is 16.3 Å². The molecule has 0 amide bonds. The highest BCUT2D eigenvalue weighted by molar-refractivity contribution is 6.30. The van der Waals surface area contributed by atoms with E-state index in [0.717, 1.165) is 12.0 Å². The second-order valence-electron chi connectivity index (χ2n) is 7.23. The quantitative estimate of drug-likeness (QED) is 0.584. The summed E-state index contributed by atoms with van der Waals surface area (Å²) in [4.78, 5) is 17.1. The maximum Gasteiger partial charge on any atom is 0.334 e. The average Bonchev–Trinajstić information content (AvgIpc) is 3.20. The molecular weight excluding hydrogens is 298 g/mol. The van der Waals surface area contributed by atoms with Crippen molar-refractivity contribution in [1.82, 2.24) is 0 Å². The van der Waals surface area contributed by atoms with Crippen molar-refractivity contribution in [2.75, 3.05) is 0 Å². The van der Waals surface area contributed by atoms with Crippen LogP contribution >= 0.6 is 11.6 Å². The normalized spacial score (nSPS) is 18.2. The molecule has 2 rings (SSSR count). The second kappa shape index (κ2) is 6.41. The zero-order valence-electron chi connectivity index (χ0n) is 13.7. The SMILES string of the molecule is CC(C)(C)OC(=O)[C@@](C)(CC1CC1)/N=C/c1ccc(Cl)cc1. The van der Waals surface area contributed by atoms with E-state index in [1.807, 2.05) is 52.0 Å². The fourth-order valence-electron chi connectivity index (χ4n) is 2.23. The summed E-state index contributed by atoms with van der Waals surface area (Å²) >= 11 is 5.88. The van der Waals surface area contributed by atoms with E-state index in [1.165, 1.54) is 12.8 Å². The van der Waals surface area contributed by atoms with Crippen molar-refractivity contribution in [2.45, 2.75) is 58.1 Å². The van der Waals surface area contributed by atoms with Crippen molar-refractivity contribution in [3.8, 4) is 0 Å². The summed E-state index contributed by atoms with van der Waals surface area (Å²) in [6, 6.07) is 7.40. The fourth-order valence-corrected chi connectivity index (χ4v) is 2.35. The van der Waals surface area contributed by atoms with Gasteiger partial charge in [0.15, 0.2) is 5.54 Å². The van der Waals surface area contributed by atoms with Gasteiger partial charge in [0.1, 0.15) is 5.60 Å². The molecule has 0 aliphatic heterocycles. The summed E-state index contributed by atoms with van der Waals surface area (Å²) in [6.07, 6.45) is 4.83. The molecule has 1 atom stereocenters. The maximum atomic E-state index is 12.6. The predicted molar refractivity (Wildman–Crippen MR) is 90.6 cm³/mol. The Balaban J connectivity index is 2.16. The molecule has 1 aliphatic carbocycles. The Kier molecular flexibility index (Phi) is 4.96. The van der Waals surface area contributed by atoms with Crippen LogP contribution < -0.4 is 0 Å². The van der Waals surface area contributed by atoms with Gasteiger partial charge in [-0.3, -0.25) is 4.99 Å². The predicted octanol–water partition coefficient (Wildman–Crippen LogP) is 4.66. The zero-order chi connectivity index (χ0) is 16.4. The molecule has 0 N–H and O–H groups in total. The van der Waals surface area contributed by atoms with Gasteiger partial charge in [0.05, 0.1) is 0 Å². The largest absolute Gasteiger partial charge is 0.458 e. The number of hydrogen-bond acceptors (Lipinski definition) is 3. The van der Waals surface area contributed by atoms with Crippen molar-refractivity contribution < 1.29 is 9.53 Å². The minimum atomic E-state index is -0.825. The van der Waals surface area contributed by atoms with Gasteiger partial charge >= 0.3 is 5.97 Å². The first-order valence-electron chi connectivity index (χ1n) is 7.72. The molecule has 0 radical (unpaired) electrons. The fraction of sp³-hybridized carbons (Fsp3) is 0.556. The average molecular weight is 322 g/mol. The van der Waals surface area contributed by atoms with Crippen molar-refractivity contribution in [1.29, 1.82) is 0 Å². The molecule has 1 aliphatic rings. The number of aliphatic imine (C=N–C) groups is 1. The highest BCUT2D eigenvalue weighted by Gasteiger charge is 2.41. The number of carbonyl (C=O) groups excluding carboxylic acids is 1. The molecule has 0 aromatic heterocycles. The minimum Gasteiger partial charge on any atom is -0.458 e. The Morgan fingerprint density at radius 3 is 2.36 bits per heavy atom. The van der Waals surface area contributed by atoms with Gasteiger partial charge in [-0.1, -0.05) is 36.6 Å². The summed E-state index contributed by atoms with van der Waals surface area (Å²) in [5.41, 5.74) is -0.402. The Bertz CT molecular complexity index is 555. The minimum absolute atomic E-state index is 0.253. The Morgan fingerprint density at radius 2 is 1.86 bits per heavy atom. The van der Waals surface area contributed by atoms with E-state index in [1.54, 1.807) is 6.21 Å². The summed E-state index contributed by atoms with van der Waals surface area (Å²) in [6.45, 7) is 7.51. The summed E-state index contributed by atoms with van der Waals surface area (Å²) < 4.78 is 5.57. The van der Waals surface area contributed by atoms with Crippen molar-refractivity contribution in [2.24, 2.45) is 10.9 Å². The molecule has 0 heterocycles. The van der Waals surface area contributed by atoms with Gasteiger partial charge < -0.3 is 4.74 Å². The molecule has 0 saturated heterocycles. The van der Waals surface area contributed by atoms with Crippen LogP contribution in [0.4, 0.5) is 0 Å². The van der Waals surface area contributed by atoms with E-state index in [-0.39, 0.29) is 5.97 Å². The van der Waals surface area contributed by atoms with Crippen LogP contribution in [0.2, 0.25) is 5.02 Å². The van der Waals surface area contributed by atoms with Gasteiger partial charge in [0, 0.05) is 11.2 Å². The highest BCUT2D eigenvalue weighted by atomic mass is 35.5. The molecule has 0 spiro atoms. The molecular formula is C18H24ClNO2. The first kappa shape index (κ1) is 17.0. The van der Waals surface area contributed by atoms with Crippen molar-refractivity contribution >= 4 is 23.8 Å². The van der Waals surface area contributed by atoms with Gasteiger partial charge in [0.25, 0.3) is 0 Å². The topological polar surface area (TPSA) is 38.7 Å². The number of carbonyl (C=O) groups is 1. The van der Waals surface area contributed by atoms with Crippen LogP contribution in [0.15, 0.2) is 29.3 Å². The number of ether oxygens (including phenoxy) is 1. The Morgan fingerprint density at radius 1 is 1.27 bits per heavy atom. The van der Waals surface area contributed by atoms with E-state index in [9.17, 15) is 4.79 Å². The van der Waals surface area contributed by atoms with Gasteiger partial charge in [-0.2, -0.15) is 0 Å². The summed E-state index contributed by atoms with van der Waals surface area (Å²) in [7, 11) is 0. The number of esters is 1. The van der Waals surface area contributed by atoms with Crippen LogP contribution in [0, 0.1) is 5.92 Å². The van der Waals surface area contributed by atoms with E-state index >= 15 is 0 Å². The van der Waals surface area contributed by atoms with E-state index in [0.29, 0.717) is 10.9 Å². The standard InChI is InChI=1S/C18H24ClNO2/c1-17(2,3)22-16(21)18(4,11-13-5-6-13)20-12-14-7-9-15(19)10-8-14/h7-10,12-13H,5-6,11H2,1-4H3/b20-12+/t18-/m1/s1. The van der Waals surface area contributed by atoms with Crippen LogP contribution in [0.3, 0.4) is 0 Å². The number of benzene rings is 1. The van der Waals surface area contributed by atoms with E-state index in [2.05, 4.69) is 4.99 Å². The van der Waals surface area contributed by atoms with Crippen LogP contribution in [-0.4, -0.2) is 23.3 Å². The molecule has 22 heavy (non-hydrogen) atoms. The van der Waals surface area contributed by atoms with Crippen molar-refractivity contribution in [3.63, 3.8) is 0 Å². The van der Waals surface area contributed by atoms with Crippen LogP contribution in [0.5, 0.6) is 0 Å². The Hall–Kier alpha value is -1.35. The van der Waals surface area contributed by atoms with Gasteiger partial charge in [-0.15, -0.1) is 0 Å². The lowest BCUT2D eigenvalue weighted by molar-refractivity contribution is -0.161. The number of nitrogens with zero attached hydrogens (tertiary/aromatic N) is 1. The third-order valence-electron chi connectivity index (χ3n) is 3.59. The molecule has 1 aromatic carbocycles. The highest BCUT2D eigenvalue weighted by Crippen LogP contribution is 2.39. The molecule has 4 heteroatoms. The first-order valence-corrected chi connectivity index (χ1v) is 8.10. The monoisotopic (exact) mass is 321 g/mol. The molecule has 1 fully saturated rings. The number of hydrogen-bond donors (Lipinski definition) is 0.